The van der Waals surface area contributed by atoms with Gasteiger partial charge in [0, 0.05) is 35.6 Å². The molecule has 0 aromatic heterocycles. The maximum Gasteiger partial charge on any atom is 0.163 e. The van der Waals surface area contributed by atoms with Gasteiger partial charge in [-0.3, -0.25) is 0 Å². The summed E-state index contributed by atoms with van der Waals surface area (Å²) >= 11 is 0. The molecule has 0 fully saturated rings. The van der Waals surface area contributed by atoms with E-state index in [0.29, 0.717) is 0 Å². The number of hydrogen-bond acceptors (Lipinski definition) is 0. The summed E-state index contributed by atoms with van der Waals surface area (Å²) in [7, 11) is 0. The van der Waals surface area contributed by atoms with E-state index in [1.807, 2.05) is 0 Å². The van der Waals surface area contributed by atoms with Gasteiger partial charge in [-0.15, -0.1) is 0 Å². The molecule has 0 N–H and O–H groups in total. The van der Waals surface area contributed by atoms with E-state index in [1.54, 1.807) is 0 Å². The van der Waals surface area contributed by atoms with E-state index in [9.17, 15) is 0 Å². The Morgan fingerprint density at radius 2 is 1.17 bits per heavy atom. The first-order chi connectivity index (χ1) is 11.4. The van der Waals surface area contributed by atoms with Gasteiger partial charge in [0.1, 0.15) is 0 Å². The summed E-state index contributed by atoms with van der Waals surface area (Å²) in [5.74, 6) is 0. The average Bonchev–Trinajstić information content (AvgIpc) is 2.53. The van der Waals surface area contributed by atoms with Crippen molar-refractivity contribution >= 4 is 0 Å². The SMILES string of the molecule is CCCC(=[C+]c1c(C)cccc1C)C(C)=[C+]c1c(C)cccc1C. The van der Waals surface area contributed by atoms with E-state index in [4.69, 9.17) is 0 Å². The van der Waals surface area contributed by atoms with Crippen LogP contribution >= 0.6 is 0 Å². The molecule has 0 amide bonds. The summed E-state index contributed by atoms with van der Waals surface area (Å²) in [4.78, 5) is 0. The van der Waals surface area contributed by atoms with Crippen molar-refractivity contribution < 1.29 is 0 Å². The zero-order chi connectivity index (χ0) is 17.7. The van der Waals surface area contributed by atoms with Crippen LogP contribution in [0.5, 0.6) is 0 Å². The predicted octanol–water partition coefficient (Wildman–Crippen LogP) is 6.60. The molecule has 0 aliphatic rings. The van der Waals surface area contributed by atoms with Gasteiger partial charge in [0.25, 0.3) is 0 Å². The van der Waals surface area contributed by atoms with Gasteiger partial charge in [-0.1, -0.05) is 6.92 Å². The fourth-order valence-electron chi connectivity index (χ4n) is 3.03. The minimum absolute atomic E-state index is 1.03. The van der Waals surface area contributed by atoms with Crippen LogP contribution in [0.25, 0.3) is 0 Å². The van der Waals surface area contributed by atoms with Crippen molar-refractivity contribution in [1.29, 1.82) is 0 Å². The molecule has 2 aromatic rings. The van der Waals surface area contributed by atoms with Gasteiger partial charge in [-0.25, -0.2) is 0 Å². The molecular formula is C24H28+2. The Hall–Kier alpha value is -2.26. The Morgan fingerprint density at radius 3 is 1.58 bits per heavy atom. The van der Waals surface area contributed by atoms with Gasteiger partial charge in [-0.05, 0) is 70.5 Å². The molecule has 0 nitrogen and oxygen atoms in total. The fourth-order valence-corrected chi connectivity index (χ4v) is 3.03. The van der Waals surface area contributed by atoms with E-state index in [-0.39, 0.29) is 0 Å². The van der Waals surface area contributed by atoms with Crippen LogP contribution in [0.4, 0.5) is 0 Å². The van der Waals surface area contributed by atoms with Crippen molar-refractivity contribution in [3.8, 4) is 0 Å². The fraction of sp³-hybridized carbons (Fsp3) is 0.333. The van der Waals surface area contributed by atoms with E-state index >= 15 is 0 Å². The largest absolute Gasteiger partial charge is 0.163 e. The third kappa shape index (κ3) is 4.18. The predicted molar refractivity (Wildman–Crippen MR) is 104 cm³/mol. The number of allylic oxidation sites excluding steroid dienone is 2. The second-order valence-corrected chi connectivity index (χ2v) is 6.64. The number of hydrogen-bond donors (Lipinski definition) is 0. The van der Waals surface area contributed by atoms with Gasteiger partial charge >= 0.3 is 0 Å². The van der Waals surface area contributed by atoms with Crippen molar-refractivity contribution in [3.05, 3.63) is 93.1 Å². The van der Waals surface area contributed by atoms with Crippen LogP contribution in [-0.2, 0) is 0 Å². The van der Waals surface area contributed by atoms with Gasteiger partial charge < -0.3 is 0 Å². The van der Waals surface area contributed by atoms with Gasteiger partial charge in [0.15, 0.2) is 22.3 Å². The highest BCUT2D eigenvalue weighted by molar-refractivity contribution is 5.46. The lowest BCUT2D eigenvalue weighted by molar-refractivity contribution is 0.904. The molecule has 0 atom stereocenters. The second-order valence-electron chi connectivity index (χ2n) is 6.64. The normalized spacial score (nSPS) is 11.9. The quantitative estimate of drug-likeness (QED) is 0.431. The van der Waals surface area contributed by atoms with E-state index < -0.39 is 0 Å². The number of benzene rings is 2. The zero-order valence-corrected chi connectivity index (χ0v) is 15.9. The highest BCUT2D eigenvalue weighted by atomic mass is 14.1. The second kappa shape index (κ2) is 8.02. The number of rotatable bonds is 5. The number of aryl methyl sites for hydroxylation is 4. The van der Waals surface area contributed by atoms with Crippen LogP contribution < -0.4 is 0 Å². The molecule has 0 spiro atoms. The molecule has 0 heterocycles. The zero-order valence-electron chi connectivity index (χ0n) is 15.9. The molecule has 0 aliphatic heterocycles. The van der Waals surface area contributed by atoms with Crippen molar-refractivity contribution in [1.82, 2.24) is 0 Å². The smallest absolute Gasteiger partial charge is 0.0641 e. The van der Waals surface area contributed by atoms with Crippen molar-refractivity contribution in [2.45, 2.75) is 54.4 Å². The Balaban J connectivity index is 2.51. The maximum atomic E-state index is 3.69. The van der Waals surface area contributed by atoms with Crippen LogP contribution in [0.2, 0.25) is 0 Å². The van der Waals surface area contributed by atoms with Crippen LogP contribution in [0.1, 0.15) is 60.1 Å². The van der Waals surface area contributed by atoms with Crippen molar-refractivity contribution in [2.24, 2.45) is 0 Å². The van der Waals surface area contributed by atoms with E-state index in [1.165, 1.54) is 44.5 Å². The van der Waals surface area contributed by atoms with Gasteiger partial charge in [-0.2, -0.15) is 0 Å². The highest BCUT2D eigenvalue weighted by Crippen LogP contribution is 2.24. The molecule has 0 unspecified atom stereocenters. The molecule has 0 heteroatoms. The molecular weight excluding hydrogens is 288 g/mol. The monoisotopic (exact) mass is 316 g/mol. The Kier molecular flexibility index (Phi) is 6.04. The Bertz CT molecular complexity index is 732. The minimum atomic E-state index is 1.03. The van der Waals surface area contributed by atoms with E-state index in [0.717, 1.165) is 12.8 Å². The lowest BCUT2D eigenvalue weighted by atomic mass is 9.93. The molecule has 2 aromatic carbocycles. The average molecular weight is 316 g/mol. The van der Waals surface area contributed by atoms with Gasteiger partial charge in [0.05, 0.1) is 12.2 Å². The Morgan fingerprint density at radius 1 is 0.750 bits per heavy atom. The lowest BCUT2D eigenvalue weighted by Crippen LogP contribution is -1.95. The Labute approximate surface area is 147 Å². The molecule has 0 aliphatic carbocycles. The molecule has 0 saturated carbocycles. The summed E-state index contributed by atoms with van der Waals surface area (Å²) in [5, 5.41) is 0. The molecule has 0 saturated heterocycles. The summed E-state index contributed by atoms with van der Waals surface area (Å²) in [6, 6.07) is 12.8. The van der Waals surface area contributed by atoms with Crippen LogP contribution in [0.15, 0.2) is 47.5 Å². The third-order valence-electron chi connectivity index (χ3n) is 4.50. The summed E-state index contributed by atoms with van der Waals surface area (Å²) in [5.41, 5.74) is 10.0. The van der Waals surface area contributed by atoms with Crippen LogP contribution in [0.3, 0.4) is 0 Å². The highest BCUT2D eigenvalue weighted by Gasteiger charge is 2.20. The first-order valence-corrected chi connectivity index (χ1v) is 8.80. The third-order valence-corrected chi connectivity index (χ3v) is 4.50. The van der Waals surface area contributed by atoms with E-state index in [2.05, 4.69) is 90.1 Å². The molecule has 2 rings (SSSR count). The molecule has 122 valence electrons. The molecule has 0 bridgehead atoms. The first-order valence-electron chi connectivity index (χ1n) is 8.80. The molecule has 0 radical (unpaired) electrons. The standard InChI is InChI=1S/C24H28/c1-7-10-22(16-24-19(4)13-9-14-20(24)5)21(6)15-23-17(2)11-8-12-18(23)3/h8-9,11-14H,7,10H2,1-6H3/q+2. The minimum Gasteiger partial charge on any atom is -0.0641 e. The topological polar surface area (TPSA) is 0 Å². The van der Waals surface area contributed by atoms with Crippen molar-refractivity contribution in [2.75, 3.05) is 0 Å². The summed E-state index contributed by atoms with van der Waals surface area (Å²) < 4.78 is 0. The first kappa shape index (κ1) is 18.1. The van der Waals surface area contributed by atoms with Crippen LogP contribution in [0, 0.1) is 39.8 Å². The van der Waals surface area contributed by atoms with Crippen molar-refractivity contribution in [3.63, 3.8) is 0 Å². The van der Waals surface area contributed by atoms with Crippen LogP contribution in [-0.4, -0.2) is 0 Å². The molecule has 24 heavy (non-hydrogen) atoms. The summed E-state index contributed by atoms with van der Waals surface area (Å²) in [6.45, 7) is 13.0. The lowest BCUT2D eigenvalue weighted by Gasteiger charge is -2.00. The van der Waals surface area contributed by atoms with Gasteiger partial charge in [0.2, 0.25) is 0 Å². The summed E-state index contributed by atoms with van der Waals surface area (Å²) in [6.07, 6.45) is 9.47. The maximum absolute atomic E-state index is 3.69.